The Hall–Kier alpha value is -3.67. The third-order valence-corrected chi connectivity index (χ3v) is 4.16. The highest BCUT2D eigenvalue weighted by Crippen LogP contribution is 2.17. The number of anilines is 1. The Morgan fingerprint density at radius 2 is 1.71 bits per heavy atom. The Bertz CT molecular complexity index is 958. The van der Waals surface area contributed by atoms with Gasteiger partial charge in [0, 0.05) is 24.0 Å². The maximum Gasteiger partial charge on any atom is 0.274 e. The van der Waals surface area contributed by atoms with E-state index in [9.17, 15) is 9.59 Å². The molecular formula is C22H21N3O3. The van der Waals surface area contributed by atoms with Crippen LogP contribution in [0, 0.1) is 0 Å². The SMILES string of the molecule is COc1ccccc1CCNC(=O)c1ccnc(C(=O)Nc2ccccc2)c1. The van der Waals surface area contributed by atoms with Gasteiger partial charge in [0.1, 0.15) is 11.4 Å². The van der Waals surface area contributed by atoms with E-state index in [1.165, 1.54) is 12.3 Å². The van der Waals surface area contributed by atoms with Gasteiger partial charge in [0.25, 0.3) is 11.8 Å². The zero-order valence-electron chi connectivity index (χ0n) is 15.5. The number of rotatable bonds is 7. The predicted molar refractivity (Wildman–Crippen MR) is 108 cm³/mol. The van der Waals surface area contributed by atoms with E-state index in [1.807, 2.05) is 42.5 Å². The maximum atomic E-state index is 12.4. The minimum atomic E-state index is -0.366. The summed E-state index contributed by atoms with van der Waals surface area (Å²) in [6.07, 6.45) is 2.09. The number of hydrogen-bond donors (Lipinski definition) is 2. The standard InChI is InChI=1S/C22H21N3O3/c1-28-20-10-6-5-7-16(20)11-14-24-21(26)17-12-13-23-19(15-17)22(27)25-18-8-3-2-4-9-18/h2-10,12-13,15H,11,14H2,1H3,(H,24,26)(H,25,27). The van der Waals surface area contributed by atoms with E-state index in [4.69, 9.17) is 4.74 Å². The summed E-state index contributed by atoms with van der Waals surface area (Å²) in [4.78, 5) is 28.8. The maximum absolute atomic E-state index is 12.4. The molecule has 2 N–H and O–H groups in total. The number of carbonyl (C=O) groups excluding carboxylic acids is 2. The molecule has 0 aliphatic rings. The molecule has 6 heteroatoms. The highest BCUT2D eigenvalue weighted by molar-refractivity contribution is 6.04. The van der Waals surface area contributed by atoms with Gasteiger partial charge < -0.3 is 15.4 Å². The minimum Gasteiger partial charge on any atom is -0.496 e. The molecule has 142 valence electrons. The number of methoxy groups -OCH3 is 1. The van der Waals surface area contributed by atoms with Gasteiger partial charge in [-0.05, 0) is 42.3 Å². The second kappa shape index (κ2) is 9.32. The zero-order valence-corrected chi connectivity index (χ0v) is 15.5. The van der Waals surface area contributed by atoms with Gasteiger partial charge in [-0.15, -0.1) is 0 Å². The molecule has 0 aliphatic heterocycles. The third kappa shape index (κ3) is 4.94. The lowest BCUT2D eigenvalue weighted by atomic mass is 10.1. The van der Waals surface area contributed by atoms with Gasteiger partial charge in [0.15, 0.2) is 0 Å². The van der Waals surface area contributed by atoms with Gasteiger partial charge in [-0.2, -0.15) is 0 Å². The lowest BCUT2D eigenvalue weighted by Gasteiger charge is -2.10. The van der Waals surface area contributed by atoms with Crippen LogP contribution in [0.2, 0.25) is 0 Å². The quantitative estimate of drug-likeness (QED) is 0.664. The topological polar surface area (TPSA) is 80.3 Å². The van der Waals surface area contributed by atoms with Gasteiger partial charge in [-0.25, -0.2) is 0 Å². The van der Waals surface area contributed by atoms with E-state index >= 15 is 0 Å². The highest BCUT2D eigenvalue weighted by Gasteiger charge is 2.12. The number of benzene rings is 2. The van der Waals surface area contributed by atoms with Crippen molar-refractivity contribution in [2.75, 3.05) is 19.0 Å². The zero-order chi connectivity index (χ0) is 19.8. The summed E-state index contributed by atoms with van der Waals surface area (Å²) in [6, 6.07) is 19.8. The molecule has 2 aromatic carbocycles. The molecule has 0 fully saturated rings. The van der Waals surface area contributed by atoms with Gasteiger partial charge in [0.2, 0.25) is 0 Å². The molecule has 0 atom stereocenters. The van der Waals surface area contributed by atoms with Crippen molar-refractivity contribution in [1.82, 2.24) is 10.3 Å². The molecule has 0 unspecified atom stereocenters. The summed E-state index contributed by atoms with van der Waals surface area (Å²) in [7, 11) is 1.62. The summed E-state index contributed by atoms with van der Waals surface area (Å²) in [5, 5.41) is 5.62. The van der Waals surface area contributed by atoms with E-state index in [0.717, 1.165) is 11.3 Å². The predicted octanol–water partition coefficient (Wildman–Crippen LogP) is 3.32. The number of ether oxygens (including phenoxy) is 1. The smallest absolute Gasteiger partial charge is 0.274 e. The van der Waals surface area contributed by atoms with Crippen LogP contribution in [0.25, 0.3) is 0 Å². The van der Waals surface area contributed by atoms with E-state index < -0.39 is 0 Å². The molecule has 0 aliphatic carbocycles. The Kier molecular flexibility index (Phi) is 6.36. The molecule has 0 spiro atoms. The molecule has 0 saturated heterocycles. The average molecular weight is 375 g/mol. The van der Waals surface area contributed by atoms with Crippen molar-refractivity contribution >= 4 is 17.5 Å². The Labute approximate surface area is 163 Å². The van der Waals surface area contributed by atoms with Crippen LogP contribution in [-0.2, 0) is 6.42 Å². The van der Waals surface area contributed by atoms with Crippen molar-refractivity contribution in [3.63, 3.8) is 0 Å². The van der Waals surface area contributed by atoms with Crippen molar-refractivity contribution in [3.05, 3.63) is 89.7 Å². The summed E-state index contributed by atoms with van der Waals surface area (Å²) in [5.41, 5.74) is 2.25. The van der Waals surface area contributed by atoms with Crippen LogP contribution >= 0.6 is 0 Å². The fourth-order valence-electron chi connectivity index (χ4n) is 2.73. The molecule has 0 bridgehead atoms. The Balaban J connectivity index is 1.60. The fourth-order valence-corrected chi connectivity index (χ4v) is 2.73. The van der Waals surface area contributed by atoms with Gasteiger partial charge in [-0.3, -0.25) is 14.6 Å². The third-order valence-electron chi connectivity index (χ3n) is 4.16. The number of para-hydroxylation sites is 2. The largest absolute Gasteiger partial charge is 0.496 e. The number of aromatic nitrogens is 1. The van der Waals surface area contributed by atoms with Crippen LogP contribution in [0.1, 0.15) is 26.4 Å². The van der Waals surface area contributed by atoms with E-state index in [2.05, 4.69) is 15.6 Å². The number of carbonyl (C=O) groups is 2. The van der Waals surface area contributed by atoms with Crippen molar-refractivity contribution in [2.45, 2.75) is 6.42 Å². The first-order valence-corrected chi connectivity index (χ1v) is 8.90. The van der Waals surface area contributed by atoms with Crippen molar-refractivity contribution < 1.29 is 14.3 Å². The fraction of sp³-hybridized carbons (Fsp3) is 0.136. The summed E-state index contributed by atoms with van der Waals surface area (Å²) >= 11 is 0. The monoisotopic (exact) mass is 375 g/mol. The number of nitrogens with one attached hydrogen (secondary N) is 2. The molecule has 1 aromatic heterocycles. The molecule has 3 rings (SSSR count). The first kappa shape index (κ1) is 19.1. The molecule has 3 aromatic rings. The second-order valence-electron chi connectivity index (χ2n) is 6.07. The van der Waals surface area contributed by atoms with Crippen LogP contribution in [0.3, 0.4) is 0 Å². The first-order valence-electron chi connectivity index (χ1n) is 8.90. The van der Waals surface area contributed by atoms with Gasteiger partial charge in [0.05, 0.1) is 7.11 Å². The lowest BCUT2D eigenvalue weighted by Crippen LogP contribution is -2.26. The number of amides is 2. The van der Waals surface area contributed by atoms with Crippen LogP contribution in [0.15, 0.2) is 72.9 Å². The van der Waals surface area contributed by atoms with Gasteiger partial charge in [-0.1, -0.05) is 36.4 Å². The molecule has 0 radical (unpaired) electrons. The van der Waals surface area contributed by atoms with Crippen LogP contribution in [0.5, 0.6) is 5.75 Å². The van der Waals surface area contributed by atoms with Crippen molar-refractivity contribution in [3.8, 4) is 5.75 Å². The normalized spacial score (nSPS) is 10.2. The summed E-state index contributed by atoms with van der Waals surface area (Å²) in [6.45, 7) is 0.451. The lowest BCUT2D eigenvalue weighted by molar-refractivity contribution is 0.0954. The van der Waals surface area contributed by atoms with E-state index in [1.54, 1.807) is 25.3 Å². The minimum absolute atomic E-state index is 0.182. The van der Waals surface area contributed by atoms with Crippen LogP contribution in [-0.4, -0.2) is 30.5 Å². The number of nitrogens with zero attached hydrogens (tertiary/aromatic N) is 1. The van der Waals surface area contributed by atoms with Crippen LogP contribution in [0.4, 0.5) is 5.69 Å². The molecule has 2 amide bonds. The Morgan fingerprint density at radius 1 is 0.964 bits per heavy atom. The van der Waals surface area contributed by atoms with E-state index in [-0.39, 0.29) is 17.5 Å². The second-order valence-corrected chi connectivity index (χ2v) is 6.07. The molecule has 1 heterocycles. The first-order chi connectivity index (χ1) is 13.7. The Morgan fingerprint density at radius 3 is 2.50 bits per heavy atom. The van der Waals surface area contributed by atoms with Crippen molar-refractivity contribution in [2.24, 2.45) is 0 Å². The summed E-state index contributed by atoms with van der Waals surface area (Å²) < 4.78 is 5.31. The molecule has 28 heavy (non-hydrogen) atoms. The highest BCUT2D eigenvalue weighted by atomic mass is 16.5. The van der Waals surface area contributed by atoms with E-state index in [0.29, 0.717) is 24.2 Å². The number of hydrogen-bond acceptors (Lipinski definition) is 4. The van der Waals surface area contributed by atoms with Gasteiger partial charge >= 0.3 is 0 Å². The average Bonchev–Trinajstić information content (AvgIpc) is 2.75. The van der Waals surface area contributed by atoms with Crippen molar-refractivity contribution in [1.29, 1.82) is 0 Å². The van der Waals surface area contributed by atoms with Crippen LogP contribution < -0.4 is 15.4 Å². The molecule has 0 saturated carbocycles. The summed E-state index contributed by atoms with van der Waals surface area (Å²) in [5.74, 6) is 0.168. The molecule has 6 nitrogen and oxygen atoms in total. The number of pyridine rings is 1. The molecular weight excluding hydrogens is 354 g/mol.